The number of carbonyl (C=O) groups excluding carboxylic acids is 2. The lowest BCUT2D eigenvalue weighted by Gasteiger charge is -2.19. The highest BCUT2D eigenvalue weighted by atomic mass is 19.1. The highest BCUT2D eigenvalue weighted by Gasteiger charge is 2.16. The van der Waals surface area contributed by atoms with Gasteiger partial charge in [0.2, 0.25) is 0 Å². The molecule has 0 aromatic heterocycles. The van der Waals surface area contributed by atoms with Crippen LogP contribution in [0.5, 0.6) is 5.75 Å². The Morgan fingerprint density at radius 2 is 2.05 bits per heavy atom. The van der Waals surface area contributed by atoms with Crippen LogP contribution in [0.1, 0.15) is 37.6 Å². The Bertz CT molecular complexity index is 463. The van der Waals surface area contributed by atoms with Gasteiger partial charge < -0.3 is 9.47 Å². The Labute approximate surface area is 111 Å². The minimum absolute atomic E-state index is 0.00848. The molecule has 0 radical (unpaired) electrons. The predicted molar refractivity (Wildman–Crippen MR) is 67.7 cm³/mol. The molecule has 1 rings (SSSR count). The van der Waals surface area contributed by atoms with E-state index in [-0.39, 0.29) is 24.3 Å². The largest absolute Gasteiger partial charge is 0.490 e. The van der Waals surface area contributed by atoms with E-state index < -0.39 is 17.4 Å². The molecule has 19 heavy (non-hydrogen) atoms. The van der Waals surface area contributed by atoms with E-state index >= 15 is 0 Å². The van der Waals surface area contributed by atoms with Crippen LogP contribution in [0.3, 0.4) is 0 Å². The summed E-state index contributed by atoms with van der Waals surface area (Å²) in [5.74, 6) is -1.03. The number of aldehydes is 1. The summed E-state index contributed by atoms with van der Waals surface area (Å²) in [6, 6.07) is 3.88. The summed E-state index contributed by atoms with van der Waals surface area (Å²) < 4.78 is 23.6. The van der Waals surface area contributed by atoms with Crippen LogP contribution in [0.25, 0.3) is 0 Å². The first kappa shape index (κ1) is 15.1. The number of esters is 1. The van der Waals surface area contributed by atoms with Crippen LogP contribution in [-0.2, 0) is 9.53 Å². The minimum atomic E-state index is -0.631. The van der Waals surface area contributed by atoms with Crippen LogP contribution >= 0.6 is 0 Å². The van der Waals surface area contributed by atoms with Crippen LogP contribution in [0.4, 0.5) is 4.39 Å². The highest BCUT2D eigenvalue weighted by Crippen LogP contribution is 2.18. The maximum atomic E-state index is 13.4. The van der Waals surface area contributed by atoms with E-state index in [9.17, 15) is 14.0 Å². The quantitative estimate of drug-likeness (QED) is 0.608. The number of hydrogen-bond donors (Lipinski definition) is 0. The fraction of sp³-hybridized carbons (Fsp3) is 0.429. The van der Waals surface area contributed by atoms with Gasteiger partial charge in [-0.3, -0.25) is 9.59 Å². The summed E-state index contributed by atoms with van der Waals surface area (Å²) in [5.41, 5.74) is -0.314. The van der Waals surface area contributed by atoms with E-state index in [4.69, 9.17) is 9.47 Å². The molecule has 0 amide bonds. The fourth-order valence-corrected chi connectivity index (χ4v) is 1.34. The molecule has 0 aliphatic rings. The second kappa shape index (κ2) is 6.31. The highest BCUT2D eigenvalue weighted by molar-refractivity contribution is 5.75. The van der Waals surface area contributed by atoms with Gasteiger partial charge in [0.15, 0.2) is 11.6 Å². The smallest absolute Gasteiger partial charge is 0.309 e. The molecule has 4 nitrogen and oxygen atoms in total. The molecule has 0 aliphatic heterocycles. The average molecular weight is 268 g/mol. The van der Waals surface area contributed by atoms with Crippen LogP contribution in [0.2, 0.25) is 0 Å². The van der Waals surface area contributed by atoms with E-state index in [0.29, 0.717) is 6.29 Å². The first-order valence-electron chi connectivity index (χ1n) is 5.91. The third kappa shape index (κ3) is 5.50. The fourth-order valence-electron chi connectivity index (χ4n) is 1.34. The summed E-state index contributed by atoms with van der Waals surface area (Å²) in [7, 11) is 0. The molecule has 1 aromatic carbocycles. The molecule has 0 unspecified atom stereocenters. The zero-order valence-corrected chi connectivity index (χ0v) is 11.2. The van der Waals surface area contributed by atoms with Crippen LogP contribution in [0.15, 0.2) is 18.2 Å². The summed E-state index contributed by atoms with van der Waals surface area (Å²) in [6.45, 7) is 5.32. The molecular formula is C14H17FO4. The molecule has 0 saturated carbocycles. The van der Waals surface area contributed by atoms with Gasteiger partial charge in [-0.2, -0.15) is 0 Å². The van der Waals surface area contributed by atoms with Crippen molar-refractivity contribution in [2.45, 2.75) is 32.8 Å². The summed E-state index contributed by atoms with van der Waals surface area (Å²) in [5, 5.41) is 0. The lowest BCUT2D eigenvalue weighted by atomic mass is 10.2. The monoisotopic (exact) mass is 268 g/mol. The van der Waals surface area contributed by atoms with Crippen molar-refractivity contribution in [2.24, 2.45) is 0 Å². The van der Waals surface area contributed by atoms with Crippen molar-refractivity contribution in [3.63, 3.8) is 0 Å². The normalized spacial score (nSPS) is 10.9. The lowest BCUT2D eigenvalue weighted by Crippen LogP contribution is -2.24. The van der Waals surface area contributed by atoms with Crippen molar-refractivity contribution in [1.82, 2.24) is 0 Å². The number of hydrogen-bond acceptors (Lipinski definition) is 4. The topological polar surface area (TPSA) is 52.6 Å². The third-order valence-electron chi connectivity index (χ3n) is 2.08. The number of carbonyl (C=O) groups is 2. The second-order valence-electron chi connectivity index (χ2n) is 4.99. The van der Waals surface area contributed by atoms with Crippen LogP contribution in [0, 0.1) is 5.82 Å². The number of rotatable bonds is 5. The Morgan fingerprint density at radius 3 is 2.58 bits per heavy atom. The zero-order valence-electron chi connectivity index (χ0n) is 11.2. The molecule has 0 aliphatic carbocycles. The van der Waals surface area contributed by atoms with Crippen LogP contribution in [-0.4, -0.2) is 24.5 Å². The molecule has 0 atom stereocenters. The van der Waals surface area contributed by atoms with E-state index in [1.165, 1.54) is 12.1 Å². The number of benzene rings is 1. The SMILES string of the molecule is CC(C)(C)OC(=O)CCOc1ccc(C=O)cc1F. The molecule has 5 heteroatoms. The van der Waals surface area contributed by atoms with Gasteiger partial charge in [-0.1, -0.05) is 0 Å². The minimum Gasteiger partial charge on any atom is -0.490 e. The second-order valence-corrected chi connectivity index (χ2v) is 4.99. The van der Waals surface area contributed by atoms with Crippen molar-refractivity contribution in [3.05, 3.63) is 29.6 Å². The zero-order chi connectivity index (χ0) is 14.5. The van der Waals surface area contributed by atoms with Crippen molar-refractivity contribution >= 4 is 12.3 Å². The van der Waals surface area contributed by atoms with Gasteiger partial charge in [0.05, 0.1) is 13.0 Å². The molecule has 0 heterocycles. The summed E-state index contributed by atoms with van der Waals surface area (Å²) >= 11 is 0. The van der Waals surface area contributed by atoms with E-state index in [2.05, 4.69) is 0 Å². The first-order chi connectivity index (χ1) is 8.81. The molecular weight excluding hydrogens is 251 g/mol. The van der Waals surface area contributed by atoms with Crippen molar-refractivity contribution in [1.29, 1.82) is 0 Å². The predicted octanol–water partition coefficient (Wildman–Crippen LogP) is 2.75. The average Bonchev–Trinajstić information content (AvgIpc) is 2.28. The molecule has 1 aromatic rings. The molecule has 0 spiro atoms. The summed E-state index contributed by atoms with van der Waals surface area (Å²) in [4.78, 5) is 21.8. The van der Waals surface area contributed by atoms with Crippen molar-refractivity contribution in [2.75, 3.05) is 6.61 Å². The van der Waals surface area contributed by atoms with Gasteiger partial charge in [0.1, 0.15) is 11.9 Å². The van der Waals surface area contributed by atoms with Gasteiger partial charge in [-0.15, -0.1) is 0 Å². The van der Waals surface area contributed by atoms with E-state index in [1.54, 1.807) is 20.8 Å². The van der Waals surface area contributed by atoms with Crippen molar-refractivity contribution in [3.8, 4) is 5.75 Å². The van der Waals surface area contributed by atoms with Crippen molar-refractivity contribution < 1.29 is 23.5 Å². The lowest BCUT2D eigenvalue weighted by molar-refractivity contribution is -0.155. The number of halogens is 1. The van der Waals surface area contributed by atoms with Gasteiger partial charge in [0.25, 0.3) is 0 Å². The number of ether oxygens (including phenoxy) is 2. The van der Waals surface area contributed by atoms with Gasteiger partial charge in [-0.25, -0.2) is 4.39 Å². The molecule has 0 N–H and O–H groups in total. The van der Waals surface area contributed by atoms with Gasteiger partial charge in [-0.05, 0) is 39.0 Å². The Balaban J connectivity index is 2.45. The van der Waals surface area contributed by atoms with Gasteiger partial charge >= 0.3 is 5.97 Å². The molecule has 0 fully saturated rings. The maximum absolute atomic E-state index is 13.4. The Kier molecular flexibility index (Phi) is 5.03. The third-order valence-corrected chi connectivity index (χ3v) is 2.08. The molecule has 0 saturated heterocycles. The van der Waals surface area contributed by atoms with Crippen LogP contribution < -0.4 is 4.74 Å². The Morgan fingerprint density at radius 1 is 1.37 bits per heavy atom. The van der Waals surface area contributed by atoms with Gasteiger partial charge in [0, 0.05) is 5.56 Å². The Hall–Kier alpha value is -1.91. The molecule has 104 valence electrons. The van der Waals surface area contributed by atoms with E-state index in [1.807, 2.05) is 0 Å². The first-order valence-corrected chi connectivity index (χ1v) is 5.91. The van der Waals surface area contributed by atoms with E-state index in [0.717, 1.165) is 6.07 Å². The maximum Gasteiger partial charge on any atom is 0.309 e. The standard InChI is InChI=1S/C14H17FO4/c1-14(2,3)19-13(17)6-7-18-12-5-4-10(9-16)8-11(12)15/h4-5,8-9H,6-7H2,1-3H3. The molecule has 0 bridgehead atoms. The summed E-state index contributed by atoms with van der Waals surface area (Å²) in [6.07, 6.45) is 0.583.